The van der Waals surface area contributed by atoms with Gasteiger partial charge in [0.25, 0.3) is 0 Å². The molecule has 0 saturated heterocycles. The van der Waals surface area contributed by atoms with Crippen LogP contribution in [-0.2, 0) is 0 Å². The molecule has 2 N–H and O–H groups in total. The second-order valence-corrected chi connectivity index (χ2v) is 3.40. The van der Waals surface area contributed by atoms with Gasteiger partial charge in [0.05, 0.1) is 24.2 Å². The van der Waals surface area contributed by atoms with E-state index in [1.165, 1.54) is 12.1 Å². The van der Waals surface area contributed by atoms with E-state index in [1.54, 1.807) is 6.07 Å². The number of halogens is 2. The first-order valence-corrected chi connectivity index (χ1v) is 4.79. The molecular weight excluding hydrogens is 217 g/mol. The first kappa shape index (κ1) is 12.0. The predicted molar refractivity (Wildman–Crippen MR) is 58.1 cm³/mol. The molecule has 0 unspecified atom stereocenters. The van der Waals surface area contributed by atoms with Crippen molar-refractivity contribution in [3.8, 4) is 12.3 Å². The molecule has 80 valence electrons. The summed E-state index contributed by atoms with van der Waals surface area (Å²) in [6.07, 6.45) is 5.07. The number of benzene rings is 1. The highest BCUT2D eigenvalue weighted by atomic mass is 35.5. The van der Waals surface area contributed by atoms with E-state index in [0.717, 1.165) is 0 Å². The topological polar surface area (TPSA) is 32.3 Å². The van der Waals surface area contributed by atoms with Crippen LogP contribution in [-0.4, -0.2) is 18.3 Å². The normalized spacial score (nSPS) is 12.1. The molecule has 0 radical (unpaired) electrons. The van der Waals surface area contributed by atoms with Gasteiger partial charge in [0.15, 0.2) is 0 Å². The minimum Gasteiger partial charge on any atom is -0.394 e. The van der Waals surface area contributed by atoms with Crippen LogP contribution in [0, 0.1) is 18.2 Å². The van der Waals surface area contributed by atoms with Crippen molar-refractivity contribution in [1.82, 2.24) is 5.32 Å². The lowest BCUT2D eigenvalue weighted by atomic mass is 10.1. The van der Waals surface area contributed by atoms with Gasteiger partial charge >= 0.3 is 0 Å². The molecular formula is C11H11ClFNO. The number of hydrogen-bond donors (Lipinski definition) is 2. The van der Waals surface area contributed by atoms with Gasteiger partial charge in [-0.3, -0.25) is 5.32 Å². The second-order valence-electron chi connectivity index (χ2n) is 2.99. The Morgan fingerprint density at radius 2 is 2.33 bits per heavy atom. The van der Waals surface area contributed by atoms with Crippen LogP contribution in [0.3, 0.4) is 0 Å². The molecule has 0 spiro atoms. The third-order valence-corrected chi connectivity index (χ3v) is 2.29. The fourth-order valence-corrected chi connectivity index (χ4v) is 1.32. The zero-order chi connectivity index (χ0) is 11.3. The largest absolute Gasteiger partial charge is 0.394 e. The Morgan fingerprint density at radius 1 is 1.60 bits per heavy atom. The van der Waals surface area contributed by atoms with Gasteiger partial charge in [0, 0.05) is 0 Å². The van der Waals surface area contributed by atoms with Crippen molar-refractivity contribution < 1.29 is 9.50 Å². The van der Waals surface area contributed by atoms with Crippen LogP contribution in [0.5, 0.6) is 0 Å². The molecule has 2 nitrogen and oxygen atoms in total. The highest BCUT2D eigenvalue weighted by molar-refractivity contribution is 6.30. The summed E-state index contributed by atoms with van der Waals surface area (Å²) >= 11 is 5.54. The molecule has 0 heterocycles. The zero-order valence-corrected chi connectivity index (χ0v) is 8.76. The Hall–Kier alpha value is -1.08. The first-order chi connectivity index (χ1) is 7.19. The number of terminal acetylenes is 1. The lowest BCUT2D eigenvalue weighted by Crippen LogP contribution is -2.24. The van der Waals surface area contributed by atoms with E-state index in [4.69, 9.17) is 23.1 Å². The molecule has 0 aromatic heterocycles. The van der Waals surface area contributed by atoms with Gasteiger partial charge in [-0.2, -0.15) is 0 Å². The fraction of sp³-hybridized carbons (Fsp3) is 0.273. The van der Waals surface area contributed by atoms with E-state index in [9.17, 15) is 4.39 Å². The van der Waals surface area contributed by atoms with Gasteiger partial charge in [-0.05, 0) is 17.7 Å². The number of rotatable bonds is 4. The molecule has 0 amide bonds. The molecule has 1 atom stereocenters. The highest BCUT2D eigenvalue weighted by Crippen LogP contribution is 2.19. The average Bonchev–Trinajstić information content (AvgIpc) is 2.24. The summed E-state index contributed by atoms with van der Waals surface area (Å²) in [7, 11) is 0. The molecule has 1 aromatic rings. The Kier molecular flexibility index (Phi) is 4.57. The van der Waals surface area contributed by atoms with Gasteiger partial charge in [0.2, 0.25) is 0 Å². The van der Waals surface area contributed by atoms with Crippen molar-refractivity contribution in [3.05, 3.63) is 34.6 Å². The Labute approximate surface area is 93.1 Å². The van der Waals surface area contributed by atoms with Crippen LogP contribution in [0.2, 0.25) is 5.02 Å². The van der Waals surface area contributed by atoms with Gasteiger partial charge < -0.3 is 5.11 Å². The maximum Gasteiger partial charge on any atom is 0.142 e. The van der Waals surface area contributed by atoms with Gasteiger partial charge in [0.1, 0.15) is 5.82 Å². The smallest absolute Gasteiger partial charge is 0.142 e. The van der Waals surface area contributed by atoms with E-state index in [1.807, 2.05) is 0 Å². The Balaban J connectivity index is 2.83. The van der Waals surface area contributed by atoms with Crippen LogP contribution >= 0.6 is 11.6 Å². The van der Waals surface area contributed by atoms with Gasteiger partial charge in [-0.25, -0.2) is 4.39 Å². The quantitative estimate of drug-likeness (QED) is 0.768. The summed E-state index contributed by atoms with van der Waals surface area (Å²) in [6, 6.07) is 4.02. The summed E-state index contributed by atoms with van der Waals surface area (Å²) in [4.78, 5) is 0. The minimum atomic E-state index is -0.505. The molecule has 0 fully saturated rings. The molecule has 0 aliphatic heterocycles. The Bertz CT molecular complexity index is 375. The molecule has 0 saturated carbocycles. The lowest BCUT2D eigenvalue weighted by Gasteiger charge is -2.15. The minimum absolute atomic E-state index is 0.0624. The maximum atomic E-state index is 13.1. The molecule has 15 heavy (non-hydrogen) atoms. The van der Waals surface area contributed by atoms with Crippen molar-refractivity contribution >= 4 is 11.6 Å². The van der Waals surface area contributed by atoms with Crippen LogP contribution in [0.4, 0.5) is 4.39 Å². The van der Waals surface area contributed by atoms with Crippen molar-refractivity contribution in [2.45, 2.75) is 6.04 Å². The summed E-state index contributed by atoms with van der Waals surface area (Å²) in [5.74, 6) is 1.88. The van der Waals surface area contributed by atoms with Gasteiger partial charge in [-0.1, -0.05) is 23.6 Å². The Morgan fingerprint density at radius 3 is 2.87 bits per heavy atom. The second kappa shape index (κ2) is 5.72. The number of aliphatic hydroxyl groups is 1. The lowest BCUT2D eigenvalue weighted by molar-refractivity contribution is 0.248. The van der Waals surface area contributed by atoms with E-state index in [-0.39, 0.29) is 17.7 Å². The summed E-state index contributed by atoms with van der Waals surface area (Å²) in [5, 5.41) is 12.0. The van der Waals surface area contributed by atoms with Crippen LogP contribution in [0.15, 0.2) is 18.2 Å². The molecule has 1 aromatic carbocycles. The van der Waals surface area contributed by atoms with Crippen molar-refractivity contribution in [2.24, 2.45) is 0 Å². The summed E-state index contributed by atoms with van der Waals surface area (Å²) in [5.41, 5.74) is 0.620. The zero-order valence-electron chi connectivity index (χ0n) is 8.00. The van der Waals surface area contributed by atoms with E-state index in [2.05, 4.69) is 11.2 Å². The van der Waals surface area contributed by atoms with Crippen LogP contribution in [0.1, 0.15) is 11.6 Å². The summed E-state index contributed by atoms with van der Waals surface area (Å²) < 4.78 is 13.1. The number of nitrogens with one attached hydrogen (secondary N) is 1. The van der Waals surface area contributed by atoms with E-state index >= 15 is 0 Å². The van der Waals surface area contributed by atoms with Crippen molar-refractivity contribution in [3.63, 3.8) is 0 Å². The first-order valence-electron chi connectivity index (χ1n) is 4.41. The summed E-state index contributed by atoms with van der Waals surface area (Å²) in [6.45, 7) is 0.165. The van der Waals surface area contributed by atoms with Crippen molar-refractivity contribution in [2.75, 3.05) is 13.2 Å². The van der Waals surface area contributed by atoms with Crippen molar-refractivity contribution in [1.29, 1.82) is 0 Å². The number of hydrogen-bond acceptors (Lipinski definition) is 2. The van der Waals surface area contributed by atoms with Crippen LogP contribution < -0.4 is 5.32 Å². The molecule has 0 bridgehead atoms. The van der Waals surface area contributed by atoms with Crippen LogP contribution in [0.25, 0.3) is 0 Å². The van der Waals surface area contributed by atoms with E-state index in [0.29, 0.717) is 12.1 Å². The SMILES string of the molecule is C#CCN[C@@H](CO)c1ccc(Cl)c(F)c1. The standard InChI is InChI=1S/C11H11ClFNO/c1-2-5-14-11(7-15)8-3-4-9(12)10(13)6-8/h1,3-4,6,11,14-15H,5,7H2/t11-/m0/s1. The predicted octanol–water partition coefficient (Wildman–Crippen LogP) is 1.74. The molecule has 0 aliphatic rings. The highest BCUT2D eigenvalue weighted by Gasteiger charge is 2.10. The molecule has 1 rings (SSSR count). The molecule has 4 heteroatoms. The third kappa shape index (κ3) is 3.21. The molecule has 0 aliphatic carbocycles. The third-order valence-electron chi connectivity index (χ3n) is 1.98. The van der Waals surface area contributed by atoms with Gasteiger partial charge in [-0.15, -0.1) is 6.42 Å². The maximum absolute atomic E-state index is 13.1. The monoisotopic (exact) mass is 227 g/mol. The fourth-order valence-electron chi connectivity index (χ4n) is 1.20. The van der Waals surface area contributed by atoms with E-state index < -0.39 is 5.82 Å². The average molecular weight is 228 g/mol. The number of aliphatic hydroxyl groups excluding tert-OH is 1.